The van der Waals surface area contributed by atoms with Crippen molar-refractivity contribution in [3.05, 3.63) is 29.8 Å². The highest BCUT2D eigenvalue weighted by molar-refractivity contribution is 5.98. The van der Waals surface area contributed by atoms with Crippen LogP contribution in [0.4, 0.5) is 0 Å². The van der Waals surface area contributed by atoms with E-state index in [1.54, 1.807) is 13.8 Å². The third kappa shape index (κ3) is 16.5. The number of carbonyl (C=O) groups is 7. The predicted octanol–water partition coefficient (Wildman–Crippen LogP) is -1.63. The first-order chi connectivity index (χ1) is 25.6. The quantitative estimate of drug-likeness (QED) is 0.0798. The molecule has 1 fully saturated rings. The number of carboxylic acid groups (broad SMARTS) is 1. The zero-order chi connectivity index (χ0) is 40.2. The summed E-state index contributed by atoms with van der Waals surface area (Å²) in [6.45, 7) is 4.35. The number of unbranched alkanes of at least 4 members (excludes halogenated alkanes) is 2. The highest BCUT2D eigenvalue weighted by atomic mass is 16.4. The number of aliphatic carboxylic acids is 1. The van der Waals surface area contributed by atoms with Gasteiger partial charge in [-0.3, -0.25) is 28.8 Å². The first-order valence-corrected chi connectivity index (χ1v) is 18.6. The number of phenolic OH excluding ortho intramolecular Hbond substituents is 1. The van der Waals surface area contributed by atoms with E-state index in [4.69, 9.17) is 17.2 Å². The Bertz CT molecular complexity index is 1410. The molecule has 0 saturated carbocycles. The predicted molar refractivity (Wildman–Crippen MR) is 199 cm³/mol. The van der Waals surface area contributed by atoms with Gasteiger partial charge >= 0.3 is 5.97 Å². The number of hydrogen-bond acceptors (Lipinski definition) is 11. The van der Waals surface area contributed by atoms with Crippen LogP contribution in [-0.4, -0.2) is 108 Å². The maximum atomic E-state index is 14.0. The fourth-order valence-electron chi connectivity index (χ4n) is 5.81. The molecular formula is C36H59N9O9. The normalized spacial score (nSPS) is 21.5. The fraction of sp³-hybridized carbons (Fsp3) is 0.639. The van der Waals surface area contributed by atoms with Crippen LogP contribution >= 0.6 is 0 Å². The number of benzene rings is 1. The molecule has 0 bridgehead atoms. The van der Waals surface area contributed by atoms with Crippen LogP contribution in [0.3, 0.4) is 0 Å². The van der Waals surface area contributed by atoms with Gasteiger partial charge in [-0.2, -0.15) is 0 Å². The topological polar surface area (TPSA) is 310 Å². The summed E-state index contributed by atoms with van der Waals surface area (Å²) in [6.07, 6.45) is 2.23. The molecule has 1 aromatic rings. The van der Waals surface area contributed by atoms with Crippen molar-refractivity contribution in [1.82, 2.24) is 31.9 Å². The molecule has 1 saturated heterocycles. The maximum Gasteiger partial charge on any atom is 0.326 e. The van der Waals surface area contributed by atoms with Gasteiger partial charge in [-0.15, -0.1) is 0 Å². The molecule has 1 aromatic carbocycles. The molecule has 1 aliphatic heterocycles. The molecule has 302 valence electrons. The van der Waals surface area contributed by atoms with Crippen molar-refractivity contribution in [2.45, 2.75) is 121 Å². The van der Waals surface area contributed by atoms with E-state index in [1.807, 2.05) is 0 Å². The molecular weight excluding hydrogens is 702 g/mol. The van der Waals surface area contributed by atoms with Crippen molar-refractivity contribution >= 4 is 41.4 Å². The zero-order valence-corrected chi connectivity index (χ0v) is 31.2. The first kappa shape index (κ1) is 45.3. The van der Waals surface area contributed by atoms with E-state index < -0.39 is 84.1 Å². The van der Waals surface area contributed by atoms with Crippen LogP contribution in [-0.2, 0) is 40.0 Å². The molecule has 54 heavy (non-hydrogen) atoms. The number of hydrogen-bond donors (Lipinski definition) is 11. The Morgan fingerprint density at radius 2 is 1.41 bits per heavy atom. The number of nitrogens with two attached hydrogens (primary N) is 3. The van der Waals surface area contributed by atoms with Gasteiger partial charge in [0.1, 0.15) is 36.0 Å². The zero-order valence-electron chi connectivity index (χ0n) is 31.2. The van der Waals surface area contributed by atoms with Crippen molar-refractivity contribution in [3.8, 4) is 5.75 Å². The average molecular weight is 762 g/mol. The van der Waals surface area contributed by atoms with Crippen molar-refractivity contribution in [2.24, 2.45) is 23.1 Å². The lowest BCUT2D eigenvalue weighted by molar-refractivity contribution is -0.143. The van der Waals surface area contributed by atoms with E-state index in [0.717, 1.165) is 0 Å². The monoisotopic (exact) mass is 761 g/mol. The summed E-state index contributed by atoms with van der Waals surface area (Å²) in [6, 6.07) is -1.57. The maximum absolute atomic E-state index is 14.0. The summed E-state index contributed by atoms with van der Waals surface area (Å²) in [4.78, 5) is 93.0. The average Bonchev–Trinajstić information content (AvgIpc) is 3.11. The Hall–Kier alpha value is -4.81. The standard InChI is InChI=1S/C36H59N9O9/c1-21(2)18-29(36(53)54)45-34(51)27(19-22-11-13-23(46)14-12-22)43-35(52)28-20-30(47)40-17-7-8-24(39)31(48)41-25(9-3-5-15-37)32(49)42-26(33(50)44-28)10-4-6-16-38/h11-14,21,24-29,46H,3-10,15-20,37-39H2,1-2H3,(H,40,47)(H,41,48)(H,42,49)(H,43,52)(H,44,50)(H,45,51)(H,53,54)/t24-,25-,26-,27-,28-,29-/m0/s1. The SMILES string of the molecule is CC(C)C[C@H](NC(=O)[C@H](Cc1ccc(O)cc1)NC(=O)[C@@H]1CC(=O)NCCC[C@H](N)C(=O)N[C@@H](CCCCN)C(=O)N[C@@H](CCCCN)C(=O)N1)C(=O)O. The molecule has 0 unspecified atom stereocenters. The van der Waals surface area contributed by atoms with Gasteiger partial charge in [-0.05, 0) is 94.5 Å². The number of aromatic hydroxyl groups is 1. The van der Waals surface area contributed by atoms with Crippen molar-refractivity contribution in [2.75, 3.05) is 19.6 Å². The molecule has 2 rings (SSSR count). The molecule has 18 heteroatoms. The molecule has 6 amide bonds. The van der Waals surface area contributed by atoms with E-state index in [1.165, 1.54) is 24.3 Å². The van der Waals surface area contributed by atoms with Gasteiger partial charge in [0.2, 0.25) is 35.4 Å². The van der Waals surface area contributed by atoms with E-state index in [2.05, 4.69) is 31.9 Å². The Kier molecular flexibility index (Phi) is 20.0. The van der Waals surface area contributed by atoms with Gasteiger partial charge in [-0.25, -0.2) is 4.79 Å². The van der Waals surface area contributed by atoms with E-state index in [-0.39, 0.29) is 56.7 Å². The Labute approximate surface area is 315 Å². The lowest BCUT2D eigenvalue weighted by Crippen LogP contribution is -2.60. The summed E-state index contributed by atoms with van der Waals surface area (Å²) < 4.78 is 0. The number of rotatable bonds is 17. The minimum absolute atomic E-state index is 0.0363. The lowest BCUT2D eigenvalue weighted by Gasteiger charge is -2.27. The number of nitrogens with one attached hydrogen (secondary N) is 6. The summed E-state index contributed by atoms with van der Waals surface area (Å²) in [5.74, 6) is -5.77. The summed E-state index contributed by atoms with van der Waals surface area (Å²) in [5, 5.41) is 35.2. The van der Waals surface area contributed by atoms with Crippen LogP contribution in [0.2, 0.25) is 0 Å². The molecule has 0 aliphatic carbocycles. The minimum Gasteiger partial charge on any atom is -0.508 e. The second kappa shape index (κ2) is 23.8. The van der Waals surface area contributed by atoms with Gasteiger partial charge in [0, 0.05) is 13.0 Å². The second-order valence-electron chi connectivity index (χ2n) is 14.0. The van der Waals surface area contributed by atoms with Gasteiger partial charge in [0.15, 0.2) is 0 Å². The first-order valence-electron chi connectivity index (χ1n) is 18.6. The summed E-state index contributed by atoms with van der Waals surface area (Å²) in [5.41, 5.74) is 17.9. The second-order valence-corrected chi connectivity index (χ2v) is 14.0. The van der Waals surface area contributed by atoms with E-state index in [9.17, 15) is 43.8 Å². The molecule has 0 spiro atoms. The van der Waals surface area contributed by atoms with Crippen LogP contribution in [0.1, 0.15) is 83.6 Å². The Morgan fingerprint density at radius 3 is 1.96 bits per heavy atom. The largest absolute Gasteiger partial charge is 0.508 e. The molecule has 0 radical (unpaired) electrons. The molecule has 0 aromatic heterocycles. The minimum atomic E-state index is -1.54. The third-order valence-electron chi connectivity index (χ3n) is 8.86. The van der Waals surface area contributed by atoms with Crippen LogP contribution in [0, 0.1) is 5.92 Å². The Balaban J connectivity index is 2.47. The van der Waals surface area contributed by atoms with Crippen molar-refractivity contribution < 1.29 is 43.8 Å². The highest BCUT2D eigenvalue weighted by Crippen LogP contribution is 2.14. The van der Waals surface area contributed by atoms with Gasteiger partial charge in [-0.1, -0.05) is 26.0 Å². The Morgan fingerprint density at radius 1 is 0.833 bits per heavy atom. The lowest BCUT2D eigenvalue weighted by atomic mass is 10.0. The van der Waals surface area contributed by atoms with Gasteiger partial charge in [0.25, 0.3) is 0 Å². The summed E-state index contributed by atoms with van der Waals surface area (Å²) >= 11 is 0. The van der Waals surface area contributed by atoms with E-state index in [0.29, 0.717) is 44.3 Å². The van der Waals surface area contributed by atoms with Crippen molar-refractivity contribution in [1.29, 1.82) is 0 Å². The number of carbonyl (C=O) groups excluding carboxylic acids is 6. The third-order valence-corrected chi connectivity index (χ3v) is 8.86. The fourth-order valence-corrected chi connectivity index (χ4v) is 5.81. The van der Waals surface area contributed by atoms with Gasteiger partial charge < -0.3 is 59.3 Å². The summed E-state index contributed by atoms with van der Waals surface area (Å²) in [7, 11) is 0. The van der Waals surface area contributed by atoms with Crippen LogP contribution < -0.4 is 49.1 Å². The van der Waals surface area contributed by atoms with Crippen LogP contribution in [0.15, 0.2) is 24.3 Å². The molecule has 1 heterocycles. The smallest absolute Gasteiger partial charge is 0.326 e. The molecule has 6 atom stereocenters. The van der Waals surface area contributed by atoms with Crippen LogP contribution in [0.5, 0.6) is 5.75 Å². The van der Waals surface area contributed by atoms with Crippen molar-refractivity contribution in [3.63, 3.8) is 0 Å². The number of carboxylic acids is 1. The van der Waals surface area contributed by atoms with Gasteiger partial charge in [0.05, 0.1) is 12.5 Å². The number of phenols is 1. The van der Waals surface area contributed by atoms with Crippen LogP contribution in [0.25, 0.3) is 0 Å². The molecule has 18 nitrogen and oxygen atoms in total. The highest BCUT2D eigenvalue weighted by Gasteiger charge is 2.34. The van der Waals surface area contributed by atoms with E-state index >= 15 is 0 Å². The molecule has 1 aliphatic rings. The number of amides is 6. The molecule has 14 N–H and O–H groups in total.